The van der Waals surface area contributed by atoms with Gasteiger partial charge >= 0.3 is 0 Å². The smallest absolute Gasteiger partial charge is 0.149 e. The van der Waals surface area contributed by atoms with Crippen molar-refractivity contribution in [3.8, 4) is 0 Å². The largest absolute Gasteiger partial charge is 0.369 e. The van der Waals surface area contributed by atoms with E-state index in [9.17, 15) is 17.2 Å². The van der Waals surface area contributed by atoms with Crippen LogP contribution < -0.4 is 10.2 Å². The van der Waals surface area contributed by atoms with E-state index in [4.69, 9.17) is 0 Å². The first kappa shape index (κ1) is 15.8. The van der Waals surface area contributed by atoms with Crippen molar-refractivity contribution in [1.82, 2.24) is 5.32 Å². The minimum atomic E-state index is -3.17. The lowest BCUT2D eigenvalue weighted by Crippen LogP contribution is -2.26. The molecule has 0 aliphatic rings. The topological polar surface area (TPSA) is 49.4 Å². The molecule has 0 fully saturated rings. The number of halogens is 2. The molecular formula is C12H18F2N2O2S. The van der Waals surface area contributed by atoms with Gasteiger partial charge in [-0.2, -0.15) is 0 Å². The predicted octanol–water partition coefficient (Wildman–Crippen LogP) is 1.17. The number of hydrogen-bond donors (Lipinski definition) is 1. The van der Waals surface area contributed by atoms with Crippen LogP contribution in [0, 0.1) is 11.6 Å². The molecule has 108 valence electrons. The molecule has 0 bridgehead atoms. The van der Waals surface area contributed by atoms with Gasteiger partial charge < -0.3 is 10.2 Å². The number of hydrogen-bond acceptors (Lipinski definition) is 4. The molecule has 0 heterocycles. The van der Waals surface area contributed by atoms with Gasteiger partial charge in [-0.3, -0.25) is 0 Å². The van der Waals surface area contributed by atoms with Crippen LogP contribution in [0.5, 0.6) is 0 Å². The number of nitrogens with zero attached hydrogens (tertiary/aromatic N) is 1. The number of sulfone groups is 1. The van der Waals surface area contributed by atoms with E-state index in [0.29, 0.717) is 12.1 Å². The molecule has 19 heavy (non-hydrogen) atoms. The molecule has 1 aromatic carbocycles. The van der Waals surface area contributed by atoms with Crippen LogP contribution in [-0.4, -0.2) is 41.1 Å². The molecule has 0 unspecified atom stereocenters. The summed E-state index contributed by atoms with van der Waals surface area (Å²) in [4.78, 5) is 1.27. The highest BCUT2D eigenvalue weighted by molar-refractivity contribution is 7.90. The van der Waals surface area contributed by atoms with Gasteiger partial charge in [0, 0.05) is 26.4 Å². The van der Waals surface area contributed by atoms with Crippen LogP contribution >= 0.6 is 0 Å². The second-order valence-electron chi connectivity index (χ2n) is 4.49. The van der Waals surface area contributed by atoms with Gasteiger partial charge in [-0.25, -0.2) is 17.2 Å². The van der Waals surface area contributed by atoms with Crippen LogP contribution in [0.25, 0.3) is 0 Å². The number of benzene rings is 1. The highest BCUT2D eigenvalue weighted by Crippen LogP contribution is 2.24. The van der Waals surface area contributed by atoms with E-state index in [-0.39, 0.29) is 18.0 Å². The first-order valence-corrected chi connectivity index (χ1v) is 7.82. The van der Waals surface area contributed by atoms with Crippen molar-refractivity contribution in [3.05, 3.63) is 29.3 Å². The maximum absolute atomic E-state index is 13.8. The molecule has 0 amide bonds. The molecule has 1 aromatic rings. The lowest BCUT2D eigenvalue weighted by Gasteiger charge is -2.20. The zero-order chi connectivity index (χ0) is 14.6. The van der Waals surface area contributed by atoms with Gasteiger partial charge in [-0.15, -0.1) is 0 Å². The average molecular weight is 292 g/mol. The van der Waals surface area contributed by atoms with Gasteiger partial charge in [0.2, 0.25) is 0 Å². The summed E-state index contributed by atoms with van der Waals surface area (Å²) < 4.78 is 49.8. The minimum Gasteiger partial charge on any atom is -0.369 e. The number of anilines is 1. The first-order valence-electron chi connectivity index (χ1n) is 5.76. The van der Waals surface area contributed by atoms with Crippen LogP contribution in [0.15, 0.2) is 12.1 Å². The summed E-state index contributed by atoms with van der Waals surface area (Å²) in [7, 11) is -0.0210. The Morgan fingerprint density at radius 1 is 1.26 bits per heavy atom. The Morgan fingerprint density at radius 3 is 2.21 bits per heavy atom. The Hall–Kier alpha value is -1.21. The third kappa shape index (κ3) is 4.76. The van der Waals surface area contributed by atoms with Crippen LogP contribution in [0.3, 0.4) is 0 Å². The maximum atomic E-state index is 13.8. The summed E-state index contributed by atoms with van der Waals surface area (Å²) >= 11 is 0. The minimum absolute atomic E-state index is 0.0397. The van der Waals surface area contributed by atoms with Gasteiger partial charge in [-0.05, 0) is 24.7 Å². The lowest BCUT2D eigenvalue weighted by atomic mass is 10.1. The van der Waals surface area contributed by atoms with Crippen molar-refractivity contribution in [3.63, 3.8) is 0 Å². The van der Waals surface area contributed by atoms with E-state index < -0.39 is 21.5 Å². The quantitative estimate of drug-likeness (QED) is 0.855. The Bertz CT molecular complexity index is 524. The van der Waals surface area contributed by atoms with Gasteiger partial charge in [0.25, 0.3) is 0 Å². The molecule has 0 radical (unpaired) electrons. The third-order valence-corrected chi connectivity index (χ3v) is 3.56. The van der Waals surface area contributed by atoms with Crippen molar-refractivity contribution in [2.75, 3.05) is 37.5 Å². The van der Waals surface area contributed by atoms with Crippen molar-refractivity contribution in [2.45, 2.75) is 6.54 Å². The van der Waals surface area contributed by atoms with Gasteiger partial charge in [0.05, 0.1) is 5.75 Å². The van der Waals surface area contributed by atoms with Crippen LogP contribution in [0.2, 0.25) is 0 Å². The maximum Gasteiger partial charge on any atom is 0.149 e. The van der Waals surface area contributed by atoms with Crippen LogP contribution in [0.1, 0.15) is 5.56 Å². The fraction of sp³-hybridized carbons (Fsp3) is 0.500. The standard InChI is InChI=1S/C12H18F2N2O2S/c1-15-8-9-6-10(13)12(11(14)7-9)16(2)4-5-19(3,17)18/h6-7,15H,4-5,8H2,1-3H3. The second-order valence-corrected chi connectivity index (χ2v) is 6.75. The fourth-order valence-electron chi connectivity index (χ4n) is 1.70. The van der Waals surface area contributed by atoms with Crippen molar-refractivity contribution >= 4 is 15.5 Å². The van der Waals surface area contributed by atoms with Gasteiger partial charge in [0.1, 0.15) is 27.2 Å². The third-order valence-electron chi connectivity index (χ3n) is 2.64. The summed E-state index contributed by atoms with van der Waals surface area (Å²) in [6.45, 7) is 0.402. The SMILES string of the molecule is CNCc1cc(F)c(N(C)CCS(C)(=O)=O)c(F)c1. The van der Waals surface area contributed by atoms with E-state index in [1.165, 1.54) is 24.1 Å². The normalized spacial score (nSPS) is 11.6. The molecule has 1 rings (SSSR count). The molecule has 0 atom stereocenters. The van der Waals surface area contributed by atoms with Gasteiger partial charge in [0.15, 0.2) is 0 Å². The van der Waals surface area contributed by atoms with Crippen molar-refractivity contribution in [1.29, 1.82) is 0 Å². The second kappa shape index (κ2) is 6.29. The lowest BCUT2D eigenvalue weighted by molar-refractivity contribution is 0.571. The van der Waals surface area contributed by atoms with E-state index in [1.807, 2.05) is 0 Å². The average Bonchev–Trinajstić information content (AvgIpc) is 2.25. The van der Waals surface area contributed by atoms with E-state index in [0.717, 1.165) is 6.26 Å². The first-order chi connectivity index (χ1) is 8.74. The molecule has 0 spiro atoms. The van der Waals surface area contributed by atoms with Gasteiger partial charge in [-0.1, -0.05) is 0 Å². The van der Waals surface area contributed by atoms with E-state index >= 15 is 0 Å². The van der Waals surface area contributed by atoms with E-state index in [2.05, 4.69) is 5.32 Å². The Morgan fingerprint density at radius 2 is 1.79 bits per heavy atom. The number of rotatable bonds is 6. The molecule has 0 saturated heterocycles. The van der Waals surface area contributed by atoms with Crippen LogP contribution in [-0.2, 0) is 16.4 Å². The molecule has 0 aliphatic carbocycles. The fourth-order valence-corrected chi connectivity index (χ4v) is 2.31. The molecule has 0 aromatic heterocycles. The monoisotopic (exact) mass is 292 g/mol. The summed E-state index contributed by atoms with van der Waals surface area (Å²) in [6, 6.07) is 2.48. The molecule has 0 aliphatic heterocycles. The Kier molecular flexibility index (Phi) is 5.25. The number of nitrogens with one attached hydrogen (secondary N) is 1. The Balaban J connectivity index is 2.94. The van der Waals surface area contributed by atoms with Crippen molar-refractivity contribution in [2.24, 2.45) is 0 Å². The van der Waals surface area contributed by atoms with Crippen LogP contribution in [0.4, 0.5) is 14.5 Å². The molecule has 0 saturated carbocycles. The van der Waals surface area contributed by atoms with E-state index in [1.54, 1.807) is 7.05 Å². The summed E-state index contributed by atoms with van der Waals surface area (Å²) in [5, 5.41) is 2.81. The Labute approximate surface area is 112 Å². The molecular weight excluding hydrogens is 274 g/mol. The zero-order valence-electron chi connectivity index (χ0n) is 11.2. The highest BCUT2D eigenvalue weighted by Gasteiger charge is 2.16. The molecule has 7 heteroatoms. The zero-order valence-corrected chi connectivity index (χ0v) is 12.0. The summed E-state index contributed by atoms with van der Waals surface area (Å²) in [5.41, 5.74) is 0.293. The van der Waals surface area contributed by atoms with Crippen molar-refractivity contribution < 1.29 is 17.2 Å². The predicted molar refractivity (Wildman–Crippen MR) is 72.1 cm³/mol. The highest BCUT2D eigenvalue weighted by atomic mass is 32.2. The summed E-state index contributed by atoms with van der Waals surface area (Å²) in [6.07, 6.45) is 1.09. The molecule has 4 nitrogen and oxygen atoms in total. The summed E-state index contributed by atoms with van der Waals surface area (Å²) in [5.74, 6) is -1.54. The molecule has 1 N–H and O–H groups in total.